The van der Waals surface area contributed by atoms with Gasteiger partial charge in [-0.3, -0.25) is 9.48 Å². The van der Waals surface area contributed by atoms with Crippen LogP contribution in [0.25, 0.3) is 0 Å². The lowest BCUT2D eigenvalue weighted by molar-refractivity contribution is 0.0502. The molecule has 0 saturated carbocycles. The Balaban J connectivity index is 1.68. The van der Waals surface area contributed by atoms with Gasteiger partial charge in [-0.2, -0.15) is 5.10 Å². The van der Waals surface area contributed by atoms with E-state index in [0.29, 0.717) is 35.4 Å². The van der Waals surface area contributed by atoms with Crippen LogP contribution in [0.1, 0.15) is 41.7 Å². The topological polar surface area (TPSA) is 64.2 Å². The van der Waals surface area contributed by atoms with Crippen molar-refractivity contribution in [2.75, 3.05) is 18.8 Å². The van der Waals surface area contributed by atoms with E-state index in [1.54, 1.807) is 11.0 Å². The second-order valence-electron chi connectivity index (χ2n) is 5.98. The molecule has 0 radical (unpaired) electrons. The van der Waals surface area contributed by atoms with E-state index in [4.69, 9.17) is 17.3 Å². The van der Waals surface area contributed by atoms with Crippen LogP contribution in [0.4, 0.5) is 5.82 Å². The fourth-order valence-corrected chi connectivity index (χ4v) is 2.85. The van der Waals surface area contributed by atoms with Crippen LogP contribution >= 0.6 is 11.6 Å². The summed E-state index contributed by atoms with van der Waals surface area (Å²) >= 11 is 6.27. The first-order chi connectivity index (χ1) is 10.5. The third-order valence-corrected chi connectivity index (χ3v) is 4.36. The number of aromatic nitrogens is 2. The maximum Gasteiger partial charge on any atom is 0.255 e. The SMILES string of the molecule is CC(C)c1ccc(C(=O)N2CC(n3ccc(N)n3)C2)c(Cl)c1. The van der Waals surface area contributed by atoms with E-state index in [0.717, 1.165) is 5.56 Å². The van der Waals surface area contributed by atoms with Crippen molar-refractivity contribution < 1.29 is 4.79 Å². The smallest absolute Gasteiger partial charge is 0.255 e. The van der Waals surface area contributed by atoms with Crippen molar-refractivity contribution in [2.24, 2.45) is 0 Å². The average molecular weight is 319 g/mol. The molecule has 2 N–H and O–H groups in total. The van der Waals surface area contributed by atoms with Gasteiger partial charge >= 0.3 is 0 Å². The number of carbonyl (C=O) groups excluding carboxylic acids is 1. The number of nitrogen functional groups attached to an aromatic ring is 1. The van der Waals surface area contributed by atoms with Gasteiger partial charge in [0, 0.05) is 19.3 Å². The molecule has 6 heteroatoms. The van der Waals surface area contributed by atoms with Gasteiger partial charge in [0.15, 0.2) is 0 Å². The second-order valence-corrected chi connectivity index (χ2v) is 6.39. The third-order valence-electron chi connectivity index (χ3n) is 4.04. The largest absolute Gasteiger partial charge is 0.382 e. The van der Waals surface area contributed by atoms with Gasteiger partial charge in [0.2, 0.25) is 0 Å². The summed E-state index contributed by atoms with van der Waals surface area (Å²) in [6.07, 6.45) is 1.84. The van der Waals surface area contributed by atoms with Crippen LogP contribution in [0.3, 0.4) is 0 Å². The van der Waals surface area contributed by atoms with Crippen LogP contribution < -0.4 is 5.73 Å². The summed E-state index contributed by atoms with van der Waals surface area (Å²) in [4.78, 5) is 14.3. The van der Waals surface area contributed by atoms with Crippen molar-refractivity contribution in [2.45, 2.75) is 25.8 Å². The van der Waals surface area contributed by atoms with Crippen molar-refractivity contribution in [3.05, 3.63) is 46.6 Å². The molecule has 2 aromatic rings. The molecule has 2 heterocycles. The molecule has 0 bridgehead atoms. The molecular formula is C16H19ClN4O. The maximum absolute atomic E-state index is 12.5. The molecule has 1 aromatic carbocycles. The molecule has 0 spiro atoms. The number of nitrogens with two attached hydrogens (primary N) is 1. The standard InChI is InChI=1S/C16H19ClN4O/c1-10(2)11-3-4-13(14(17)7-11)16(22)20-8-12(9-20)21-6-5-15(18)19-21/h3-7,10,12H,8-9H2,1-2H3,(H2,18,19). The molecule has 1 fully saturated rings. The number of hydrogen-bond acceptors (Lipinski definition) is 3. The van der Waals surface area contributed by atoms with Gasteiger partial charge < -0.3 is 10.6 Å². The van der Waals surface area contributed by atoms with Crippen molar-refractivity contribution in [3.63, 3.8) is 0 Å². The molecule has 1 aliphatic rings. The highest BCUT2D eigenvalue weighted by Gasteiger charge is 2.33. The number of benzene rings is 1. The summed E-state index contributed by atoms with van der Waals surface area (Å²) < 4.78 is 1.81. The van der Waals surface area contributed by atoms with Gasteiger partial charge in [-0.1, -0.05) is 31.5 Å². The Morgan fingerprint density at radius 3 is 2.64 bits per heavy atom. The van der Waals surface area contributed by atoms with Crippen LogP contribution in [0.15, 0.2) is 30.5 Å². The molecule has 0 aliphatic carbocycles. The van der Waals surface area contributed by atoms with Gasteiger partial charge in [0.1, 0.15) is 5.82 Å². The Labute approximate surface area is 134 Å². The Hall–Kier alpha value is -2.01. The van der Waals surface area contributed by atoms with Crippen LogP contribution in [-0.2, 0) is 0 Å². The number of rotatable bonds is 3. The van der Waals surface area contributed by atoms with Crippen molar-refractivity contribution >= 4 is 23.3 Å². The van der Waals surface area contributed by atoms with E-state index in [1.807, 2.05) is 29.1 Å². The fourth-order valence-electron chi connectivity index (χ4n) is 2.58. The number of likely N-dealkylation sites (tertiary alicyclic amines) is 1. The number of hydrogen-bond donors (Lipinski definition) is 1. The number of anilines is 1. The summed E-state index contributed by atoms with van der Waals surface area (Å²) in [6.45, 7) is 5.45. The fraction of sp³-hybridized carbons (Fsp3) is 0.375. The number of halogens is 1. The number of carbonyl (C=O) groups is 1. The highest BCUT2D eigenvalue weighted by Crippen LogP contribution is 2.28. The first kappa shape index (κ1) is 14.9. The van der Waals surface area contributed by atoms with Crippen LogP contribution in [0, 0.1) is 0 Å². The second kappa shape index (κ2) is 5.65. The van der Waals surface area contributed by atoms with Gasteiger partial charge in [-0.05, 0) is 29.7 Å². The first-order valence-electron chi connectivity index (χ1n) is 7.35. The Bertz CT molecular complexity index is 704. The number of nitrogens with zero attached hydrogens (tertiary/aromatic N) is 3. The van der Waals surface area contributed by atoms with Crippen LogP contribution in [0.5, 0.6) is 0 Å². The Kier molecular flexibility index (Phi) is 3.83. The zero-order valence-electron chi connectivity index (χ0n) is 12.7. The minimum Gasteiger partial charge on any atom is -0.382 e. The molecule has 116 valence electrons. The number of amides is 1. The van der Waals surface area contributed by atoms with Gasteiger partial charge in [0.05, 0.1) is 16.6 Å². The summed E-state index contributed by atoms with van der Waals surface area (Å²) in [5, 5.41) is 4.69. The molecule has 1 aromatic heterocycles. The van der Waals surface area contributed by atoms with Crippen LogP contribution in [-0.4, -0.2) is 33.7 Å². The quantitative estimate of drug-likeness (QED) is 0.946. The summed E-state index contributed by atoms with van der Waals surface area (Å²) in [5.74, 6) is 0.856. The van der Waals surface area contributed by atoms with Crippen molar-refractivity contribution in [1.82, 2.24) is 14.7 Å². The van der Waals surface area contributed by atoms with Crippen LogP contribution in [0.2, 0.25) is 5.02 Å². The molecule has 0 atom stereocenters. The molecule has 1 saturated heterocycles. The predicted molar refractivity (Wildman–Crippen MR) is 87.1 cm³/mol. The van der Waals surface area contributed by atoms with Gasteiger partial charge in [-0.15, -0.1) is 0 Å². The lowest BCUT2D eigenvalue weighted by atomic mass is 10.0. The molecule has 5 nitrogen and oxygen atoms in total. The Morgan fingerprint density at radius 2 is 2.09 bits per heavy atom. The zero-order chi connectivity index (χ0) is 15.9. The van der Waals surface area contributed by atoms with E-state index in [2.05, 4.69) is 18.9 Å². The lowest BCUT2D eigenvalue weighted by Crippen LogP contribution is -2.50. The van der Waals surface area contributed by atoms with Crippen molar-refractivity contribution in [3.8, 4) is 0 Å². The van der Waals surface area contributed by atoms with E-state index in [9.17, 15) is 4.79 Å². The summed E-state index contributed by atoms with van der Waals surface area (Å²) in [7, 11) is 0. The Morgan fingerprint density at radius 1 is 1.36 bits per heavy atom. The van der Waals surface area contributed by atoms with Gasteiger partial charge in [0.25, 0.3) is 5.91 Å². The van der Waals surface area contributed by atoms with E-state index in [1.165, 1.54) is 0 Å². The molecular weight excluding hydrogens is 300 g/mol. The average Bonchev–Trinajstić information content (AvgIpc) is 2.83. The molecule has 22 heavy (non-hydrogen) atoms. The van der Waals surface area contributed by atoms with Gasteiger partial charge in [-0.25, -0.2) is 0 Å². The lowest BCUT2D eigenvalue weighted by Gasteiger charge is -2.39. The molecule has 1 amide bonds. The highest BCUT2D eigenvalue weighted by atomic mass is 35.5. The predicted octanol–water partition coefficient (Wildman–Crippen LogP) is 2.94. The van der Waals surface area contributed by atoms with E-state index < -0.39 is 0 Å². The summed E-state index contributed by atoms with van der Waals surface area (Å²) in [6, 6.07) is 7.61. The van der Waals surface area contributed by atoms with Crippen molar-refractivity contribution in [1.29, 1.82) is 0 Å². The highest BCUT2D eigenvalue weighted by molar-refractivity contribution is 6.33. The first-order valence-corrected chi connectivity index (χ1v) is 7.73. The molecule has 1 aliphatic heterocycles. The zero-order valence-corrected chi connectivity index (χ0v) is 13.4. The normalized spacial score (nSPS) is 15.2. The maximum atomic E-state index is 12.5. The monoisotopic (exact) mass is 318 g/mol. The summed E-state index contributed by atoms with van der Waals surface area (Å²) in [5.41, 5.74) is 7.30. The molecule has 0 unspecified atom stereocenters. The third kappa shape index (κ3) is 2.68. The molecule has 3 rings (SSSR count). The minimum atomic E-state index is -0.0308. The van der Waals surface area contributed by atoms with E-state index >= 15 is 0 Å². The van der Waals surface area contributed by atoms with E-state index in [-0.39, 0.29) is 11.9 Å². The minimum absolute atomic E-state index is 0.0308.